The topological polar surface area (TPSA) is 96.3 Å². The minimum atomic E-state index is -0.436. The zero-order chi connectivity index (χ0) is 17.6. The number of rotatable bonds is 1. The normalized spacial score (nSPS) is 15.7. The molecule has 0 atom stereocenters. The van der Waals surface area contributed by atoms with Crippen molar-refractivity contribution < 1.29 is 9.59 Å². The number of anilines is 2. The van der Waals surface area contributed by atoms with Crippen LogP contribution in [0.2, 0.25) is 0 Å². The van der Waals surface area contributed by atoms with Crippen LogP contribution in [-0.2, 0) is 12.8 Å². The Labute approximate surface area is 156 Å². The Morgan fingerprint density at radius 1 is 1.12 bits per heavy atom. The molecule has 1 aromatic heterocycles. The number of aromatic nitrogens is 1. The van der Waals surface area contributed by atoms with Crippen LogP contribution >= 0.6 is 12.4 Å². The molecular formula is C19H20ClN3O3. The molecule has 26 heavy (non-hydrogen) atoms. The third-order valence-corrected chi connectivity index (χ3v) is 5.02. The van der Waals surface area contributed by atoms with Gasteiger partial charge in [-0.1, -0.05) is 6.07 Å². The van der Waals surface area contributed by atoms with Gasteiger partial charge in [0, 0.05) is 35.6 Å². The first-order valence-electron chi connectivity index (χ1n) is 8.55. The van der Waals surface area contributed by atoms with Gasteiger partial charge in [0.15, 0.2) is 5.78 Å². The maximum absolute atomic E-state index is 13.0. The number of halogens is 1. The number of benzene rings is 1. The van der Waals surface area contributed by atoms with Crippen molar-refractivity contribution in [2.75, 3.05) is 17.2 Å². The predicted molar refractivity (Wildman–Crippen MR) is 102 cm³/mol. The largest absolute Gasteiger partial charge is 0.398 e. The molecule has 7 heteroatoms. The van der Waals surface area contributed by atoms with Gasteiger partial charge in [-0.3, -0.25) is 14.4 Å². The zero-order valence-corrected chi connectivity index (χ0v) is 15.0. The number of H-pyrrole nitrogens is 1. The summed E-state index contributed by atoms with van der Waals surface area (Å²) in [7, 11) is 0. The van der Waals surface area contributed by atoms with Gasteiger partial charge in [-0.05, 0) is 49.4 Å². The molecule has 1 amide bonds. The highest BCUT2D eigenvalue weighted by atomic mass is 35.5. The van der Waals surface area contributed by atoms with Crippen molar-refractivity contribution in [2.24, 2.45) is 0 Å². The molecule has 0 fully saturated rings. The van der Waals surface area contributed by atoms with Crippen molar-refractivity contribution >= 4 is 35.5 Å². The molecule has 0 spiro atoms. The van der Waals surface area contributed by atoms with Gasteiger partial charge < -0.3 is 15.6 Å². The molecule has 0 saturated heterocycles. The van der Waals surface area contributed by atoms with Crippen molar-refractivity contribution in [2.45, 2.75) is 32.1 Å². The lowest BCUT2D eigenvalue weighted by Crippen LogP contribution is -2.39. The third kappa shape index (κ3) is 2.90. The molecule has 3 N–H and O–H groups in total. The Bertz CT molecular complexity index is 952. The maximum atomic E-state index is 13.0. The second kappa shape index (κ2) is 6.96. The fourth-order valence-corrected chi connectivity index (χ4v) is 3.74. The van der Waals surface area contributed by atoms with Gasteiger partial charge in [-0.2, -0.15) is 0 Å². The number of aromatic amines is 1. The number of carbonyl (C=O) groups is 2. The number of fused-ring (bicyclic) bond motifs is 2. The smallest absolute Gasteiger partial charge is 0.263 e. The van der Waals surface area contributed by atoms with Crippen molar-refractivity contribution in [3.05, 3.63) is 57.0 Å². The lowest BCUT2D eigenvalue weighted by molar-refractivity contribution is 0.0971. The number of hydrogen-bond acceptors (Lipinski definition) is 4. The van der Waals surface area contributed by atoms with Gasteiger partial charge in [-0.25, -0.2) is 0 Å². The molecule has 2 heterocycles. The first-order chi connectivity index (χ1) is 12.1. The standard InChI is InChI=1S/C19H19N3O3.ClH/c20-14-5-1-7-16-11(14)4-3-9-22(16)19(25)13-10-12-15(21-18(13)24)6-2-8-17(12)23;/h1,5,7,10H,2-4,6,8-9,20H2,(H,21,24);1H. The number of Topliss-reactive ketones (excluding diaryl/α,β-unsaturated/α-hetero) is 1. The molecular weight excluding hydrogens is 354 g/mol. The van der Waals surface area contributed by atoms with Crippen LogP contribution in [-0.4, -0.2) is 23.2 Å². The highest BCUT2D eigenvalue weighted by Crippen LogP contribution is 2.32. The molecule has 0 radical (unpaired) electrons. The van der Waals surface area contributed by atoms with Crippen LogP contribution in [0.25, 0.3) is 0 Å². The van der Waals surface area contributed by atoms with Crippen LogP contribution in [0.1, 0.15) is 51.2 Å². The summed E-state index contributed by atoms with van der Waals surface area (Å²) in [6.45, 7) is 0.528. The number of nitrogens with zero attached hydrogens (tertiary/aromatic N) is 1. The Hall–Kier alpha value is -2.60. The van der Waals surface area contributed by atoms with Gasteiger partial charge in [-0.15, -0.1) is 12.4 Å². The number of nitrogen functional groups attached to an aromatic ring is 1. The highest BCUT2D eigenvalue weighted by molar-refractivity contribution is 6.08. The van der Waals surface area contributed by atoms with Crippen LogP contribution < -0.4 is 16.2 Å². The molecule has 1 aliphatic heterocycles. The predicted octanol–water partition coefficient (Wildman–Crippen LogP) is 2.49. The average Bonchev–Trinajstić information content (AvgIpc) is 2.61. The number of aryl methyl sites for hydroxylation is 1. The number of carbonyl (C=O) groups excluding carboxylic acids is 2. The first-order valence-corrected chi connectivity index (χ1v) is 8.55. The van der Waals surface area contributed by atoms with E-state index in [2.05, 4.69) is 4.98 Å². The Morgan fingerprint density at radius 3 is 2.73 bits per heavy atom. The minimum Gasteiger partial charge on any atom is -0.398 e. The Balaban J connectivity index is 0.00000196. The van der Waals surface area contributed by atoms with Crippen LogP contribution in [0.3, 0.4) is 0 Å². The molecule has 136 valence electrons. The van der Waals surface area contributed by atoms with Crippen LogP contribution in [0.15, 0.2) is 29.1 Å². The Morgan fingerprint density at radius 2 is 1.92 bits per heavy atom. The zero-order valence-electron chi connectivity index (χ0n) is 14.2. The summed E-state index contributed by atoms with van der Waals surface area (Å²) in [5.74, 6) is -0.399. The number of hydrogen-bond donors (Lipinski definition) is 2. The highest BCUT2D eigenvalue weighted by Gasteiger charge is 2.28. The summed E-state index contributed by atoms with van der Waals surface area (Å²) < 4.78 is 0. The van der Waals surface area contributed by atoms with Crippen molar-refractivity contribution in [3.8, 4) is 0 Å². The number of nitrogens with one attached hydrogen (secondary N) is 1. The van der Waals surface area contributed by atoms with Crippen molar-refractivity contribution in [1.29, 1.82) is 0 Å². The van der Waals surface area contributed by atoms with Gasteiger partial charge in [0.05, 0.1) is 0 Å². The number of amides is 1. The molecule has 2 aliphatic rings. The lowest BCUT2D eigenvalue weighted by atomic mass is 9.93. The summed E-state index contributed by atoms with van der Waals surface area (Å²) in [6.07, 6.45) is 3.44. The fourth-order valence-electron chi connectivity index (χ4n) is 3.74. The van der Waals surface area contributed by atoms with E-state index in [1.165, 1.54) is 6.07 Å². The summed E-state index contributed by atoms with van der Waals surface area (Å²) >= 11 is 0. The molecule has 1 aliphatic carbocycles. The molecule has 0 bridgehead atoms. The second-order valence-electron chi connectivity index (χ2n) is 6.59. The van der Waals surface area contributed by atoms with Crippen molar-refractivity contribution in [1.82, 2.24) is 4.98 Å². The van der Waals surface area contributed by atoms with E-state index in [0.717, 1.165) is 30.5 Å². The monoisotopic (exact) mass is 373 g/mol. The Kier molecular flexibility index (Phi) is 4.87. The van der Waals surface area contributed by atoms with E-state index in [9.17, 15) is 14.4 Å². The van der Waals surface area contributed by atoms with Crippen LogP contribution in [0, 0.1) is 0 Å². The average molecular weight is 374 g/mol. The number of pyridine rings is 1. The molecule has 0 unspecified atom stereocenters. The van der Waals surface area contributed by atoms with E-state index in [4.69, 9.17) is 5.73 Å². The van der Waals surface area contributed by atoms with E-state index >= 15 is 0 Å². The van der Waals surface area contributed by atoms with E-state index < -0.39 is 5.56 Å². The SMILES string of the molecule is Cl.Nc1cccc2c1CCCN2C(=O)c1cc2c([nH]c1=O)CCCC2=O. The quantitative estimate of drug-likeness (QED) is 0.750. The van der Waals surface area contributed by atoms with Crippen molar-refractivity contribution in [3.63, 3.8) is 0 Å². The summed E-state index contributed by atoms with van der Waals surface area (Å²) in [5, 5.41) is 0. The van der Waals surface area contributed by atoms with E-state index in [1.54, 1.807) is 11.0 Å². The molecule has 0 saturated carbocycles. The van der Waals surface area contributed by atoms with E-state index in [0.29, 0.717) is 36.3 Å². The van der Waals surface area contributed by atoms with E-state index in [-0.39, 0.29) is 29.7 Å². The molecule has 1 aromatic carbocycles. The molecule has 4 rings (SSSR count). The summed E-state index contributed by atoms with van der Waals surface area (Å²) in [4.78, 5) is 41.9. The number of ketones is 1. The molecule has 6 nitrogen and oxygen atoms in total. The maximum Gasteiger partial charge on any atom is 0.263 e. The van der Waals surface area contributed by atoms with Gasteiger partial charge in [0.2, 0.25) is 0 Å². The fraction of sp³-hybridized carbons (Fsp3) is 0.316. The summed E-state index contributed by atoms with van der Waals surface area (Å²) in [6, 6.07) is 6.94. The van der Waals surface area contributed by atoms with Gasteiger partial charge >= 0.3 is 0 Å². The van der Waals surface area contributed by atoms with E-state index in [1.807, 2.05) is 12.1 Å². The summed E-state index contributed by atoms with van der Waals surface area (Å²) in [5.41, 5.74) is 9.07. The number of nitrogens with two attached hydrogens (primary N) is 1. The third-order valence-electron chi connectivity index (χ3n) is 5.02. The van der Waals surface area contributed by atoms with Crippen LogP contribution in [0.4, 0.5) is 11.4 Å². The van der Waals surface area contributed by atoms with Crippen LogP contribution in [0.5, 0.6) is 0 Å². The molecule has 2 aromatic rings. The first kappa shape index (κ1) is 18.2. The minimum absolute atomic E-state index is 0. The second-order valence-corrected chi connectivity index (χ2v) is 6.59. The van der Waals surface area contributed by atoms with Gasteiger partial charge in [0.1, 0.15) is 5.56 Å². The lowest BCUT2D eigenvalue weighted by Gasteiger charge is -2.30. The van der Waals surface area contributed by atoms with Gasteiger partial charge in [0.25, 0.3) is 11.5 Å².